The fourth-order valence-electron chi connectivity index (χ4n) is 4.47. The lowest BCUT2D eigenvalue weighted by Gasteiger charge is -2.40. The van der Waals surface area contributed by atoms with E-state index in [9.17, 15) is 4.79 Å². The lowest BCUT2D eigenvalue weighted by atomic mass is 9.78. The standard InChI is InChI=1S/C22H34N2O3/c1-5-10-21(2,3)27-20(25)23-14-11-22(12-15-23)13-16-24(17-22)18-6-8-19(26-4)9-7-18/h6-9H,5,10-17H2,1-4H3. The maximum Gasteiger partial charge on any atom is 0.410 e. The monoisotopic (exact) mass is 374 g/mol. The molecule has 2 saturated heterocycles. The molecular formula is C22H34N2O3. The SMILES string of the molecule is CCCC(C)(C)OC(=O)N1CCC2(CC1)CCN(c1ccc(OC)cc1)C2. The summed E-state index contributed by atoms with van der Waals surface area (Å²) in [5.41, 5.74) is 1.21. The van der Waals surface area contributed by atoms with Gasteiger partial charge in [0, 0.05) is 31.9 Å². The second-order valence-corrected chi connectivity index (χ2v) is 8.73. The molecule has 3 rings (SSSR count). The number of benzene rings is 1. The van der Waals surface area contributed by atoms with Crippen LogP contribution >= 0.6 is 0 Å². The Hall–Kier alpha value is -1.91. The van der Waals surface area contributed by atoms with Crippen LogP contribution in [0.3, 0.4) is 0 Å². The molecule has 1 amide bonds. The van der Waals surface area contributed by atoms with E-state index in [4.69, 9.17) is 9.47 Å². The minimum absolute atomic E-state index is 0.145. The number of carbonyl (C=O) groups is 1. The molecule has 0 atom stereocenters. The Morgan fingerprint density at radius 1 is 1.11 bits per heavy atom. The molecule has 0 aromatic heterocycles. The topological polar surface area (TPSA) is 42.0 Å². The molecule has 1 aromatic carbocycles. The summed E-state index contributed by atoms with van der Waals surface area (Å²) in [6.07, 6.45) is 5.08. The van der Waals surface area contributed by atoms with E-state index in [2.05, 4.69) is 24.0 Å². The second-order valence-electron chi connectivity index (χ2n) is 8.73. The van der Waals surface area contributed by atoms with Crippen molar-refractivity contribution in [3.05, 3.63) is 24.3 Å². The molecule has 2 aliphatic heterocycles. The van der Waals surface area contributed by atoms with E-state index < -0.39 is 0 Å². The molecule has 2 fully saturated rings. The minimum Gasteiger partial charge on any atom is -0.497 e. The van der Waals surface area contributed by atoms with Crippen molar-refractivity contribution >= 4 is 11.8 Å². The van der Waals surface area contributed by atoms with E-state index in [0.717, 1.165) is 57.6 Å². The van der Waals surface area contributed by atoms with Crippen molar-refractivity contribution in [1.29, 1.82) is 0 Å². The number of hydrogen-bond donors (Lipinski definition) is 0. The van der Waals surface area contributed by atoms with Gasteiger partial charge in [0.2, 0.25) is 0 Å². The Morgan fingerprint density at radius 2 is 1.74 bits per heavy atom. The molecule has 0 radical (unpaired) electrons. The summed E-state index contributed by atoms with van der Waals surface area (Å²) >= 11 is 0. The first-order chi connectivity index (χ1) is 12.9. The van der Waals surface area contributed by atoms with Crippen molar-refractivity contribution in [3.8, 4) is 5.75 Å². The molecule has 2 heterocycles. The smallest absolute Gasteiger partial charge is 0.410 e. The van der Waals surface area contributed by atoms with Gasteiger partial charge >= 0.3 is 6.09 Å². The largest absolute Gasteiger partial charge is 0.497 e. The van der Waals surface area contributed by atoms with Gasteiger partial charge in [0.25, 0.3) is 0 Å². The van der Waals surface area contributed by atoms with Crippen LogP contribution in [0.5, 0.6) is 5.75 Å². The predicted octanol–water partition coefficient (Wildman–Crippen LogP) is 4.70. The van der Waals surface area contributed by atoms with Gasteiger partial charge in [0.15, 0.2) is 0 Å². The van der Waals surface area contributed by atoms with E-state index >= 15 is 0 Å². The Labute approximate surface area is 163 Å². The number of anilines is 1. The summed E-state index contributed by atoms with van der Waals surface area (Å²) < 4.78 is 11.0. The maximum atomic E-state index is 12.5. The van der Waals surface area contributed by atoms with Crippen molar-refractivity contribution in [2.45, 2.75) is 58.5 Å². The Morgan fingerprint density at radius 3 is 2.33 bits per heavy atom. The van der Waals surface area contributed by atoms with E-state index in [1.807, 2.05) is 30.9 Å². The van der Waals surface area contributed by atoms with Crippen LogP contribution in [0.2, 0.25) is 0 Å². The van der Waals surface area contributed by atoms with E-state index in [1.54, 1.807) is 7.11 Å². The van der Waals surface area contributed by atoms with Crippen molar-refractivity contribution < 1.29 is 14.3 Å². The number of likely N-dealkylation sites (tertiary alicyclic amines) is 1. The Kier molecular flexibility index (Phi) is 5.87. The average molecular weight is 375 g/mol. The molecule has 27 heavy (non-hydrogen) atoms. The van der Waals surface area contributed by atoms with Gasteiger partial charge in [-0.05, 0) is 69.2 Å². The average Bonchev–Trinajstić information content (AvgIpc) is 3.05. The molecule has 0 aliphatic carbocycles. The molecule has 0 unspecified atom stereocenters. The van der Waals surface area contributed by atoms with Crippen molar-refractivity contribution in [3.63, 3.8) is 0 Å². The van der Waals surface area contributed by atoms with Gasteiger partial charge in [-0.3, -0.25) is 0 Å². The molecular weight excluding hydrogens is 340 g/mol. The van der Waals surface area contributed by atoms with E-state index in [-0.39, 0.29) is 11.7 Å². The van der Waals surface area contributed by atoms with Gasteiger partial charge in [-0.25, -0.2) is 4.79 Å². The first kappa shape index (κ1) is 19.8. The van der Waals surface area contributed by atoms with Crippen LogP contribution < -0.4 is 9.64 Å². The predicted molar refractivity (Wildman–Crippen MR) is 109 cm³/mol. The summed E-state index contributed by atoms with van der Waals surface area (Å²) in [5, 5.41) is 0. The molecule has 5 nitrogen and oxygen atoms in total. The molecule has 5 heteroatoms. The lowest BCUT2D eigenvalue weighted by molar-refractivity contribution is -0.00213. The molecule has 1 spiro atoms. The summed E-state index contributed by atoms with van der Waals surface area (Å²) in [7, 11) is 1.70. The zero-order valence-electron chi connectivity index (χ0n) is 17.3. The number of nitrogens with zero attached hydrogens (tertiary/aromatic N) is 2. The van der Waals surface area contributed by atoms with Crippen molar-refractivity contribution in [2.24, 2.45) is 5.41 Å². The maximum absolute atomic E-state index is 12.5. The van der Waals surface area contributed by atoms with Crippen molar-refractivity contribution in [2.75, 3.05) is 38.2 Å². The molecule has 0 N–H and O–H groups in total. The van der Waals surface area contributed by atoms with Gasteiger partial charge < -0.3 is 19.3 Å². The fourth-order valence-corrected chi connectivity index (χ4v) is 4.47. The van der Waals surface area contributed by atoms with Crippen molar-refractivity contribution in [1.82, 2.24) is 4.90 Å². The van der Waals surface area contributed by atoms with Gasteiger partial charge in [0.1, 0.15) is 11.4 Å². The highest BCUT2D eigenvalue weighted by atomic mass is 16.6. The summed E-state index contributed by atoms with van der Waals surface area (Å²) in [5.74, 6) is 0.894. The number of ether oxygens (including phenoxy) is 2. The molecule has 0 saturated carbocycles. The van der Waals surface area contributed by atoms with Crippen LogP contribution in [0.4, 0.5) is 10.5 Å². The normalized spacial score (nSPS) is 19.4. The fraction of sp³-hybridized carbons (Fsp3) is 0.682. The number of piperidine rings is 1. The third-order valence-corrected chi connectivity index (χ3v) is 6.17. The zero-order valence-corrected chi connectivity index (χ0v) is 17.3. The number of carbonyl (C=O) groups excluding carboxylic acids is 1. The van der Waals surface area contributed by atoms with Gasteiger partial charge in [0.05, 0.1) is 7.11 Å². The molecule has 150 valence electrons. The first-order valence-electron chi connectivity index (χ1n) is 10.2. The van der Waals surface area contributed by atoms with Gasteiger partial charge in [-0.15, -0.1) is 0 Å². The Bertz CT molecular complexity index is 633. The second kappa shape index (κ2) is 7.99. The van der Waals surface area contributed by atoms with Crippen LogP contribution in [0.25, 0.3) is 0 Å². The highest BCUT2D eigenvalue weighted by molar-refractivity contribution is 5.68. The third kappa shape index (κ3) is 4.69. The van der Waals surface area contributed by atoms with Crippen LogP contribution in [-0.4, -0.2) is 49.9 Å². The number of methoxy groups -OCH3 is 1. The van der Waals surface area contributed by atoms with Crippen LogP contribution in [0.15, 0.2) is 24.3 Å². The quantitative estimate of drug-likeness (QED) is 0.749. The zero-order chi connectivity index (χ0) is 19.5. The van der Waals surface area contributed by atoms with Crippen LogP contribution in [0, 0.1) is 5.41 Å². The number of hydrogen-bond acceptors (Lipinski definition) is 4. The Balaban J connectivity index is 1.53. The van der Waals surface area contributed by atoms with E-state index in [1.165, 1.54) is 12.1 Å². The minimum atomic E-state index is -0.376. The summed E-state index contributed by atoms with van der Waals surface area (Å²) in [6, 6.07) is 8.33. The molecule has 1 aromatic rings. The van der Waals surface area contributed by atoms with Gasteiger partial charge in [-0.1, -0.05) is 13.3 Å². The first-order valence-corrected chi connectivity index (χ1v) is 10.2. The molecule has 2 aliphatic rings. The summed E-state index contributed by atoms with van der Waals surface area (Å²) in [4.78, 5) is 16.9. The number of amides is 1. The highest BCUT2D eigenvalue weighted by Gasteiger charge is 2.42. The van der Waals surface area contributed by atoms with Crippen LogP contribution in [-0.2, 0) is 4.74 Å². The molecule has 0 bridgehead atoms. The lowest BCUT2D eigenvalue weighted by Crippen LogP contribution is -2.46. The number of rotatable bonds is 5. The van der Waals surface area contributed by atoms with Gasteiger partial charge in [-0.2, -0.15) is 0 Å². The van der Waals surface area contributed by atoms with Crippen LogP contribution in [0.1, 0.15) is 52.9 Å². The third-order valence-electron chi connectivity index (χ3n) is 6.17. The summed E-state index contributed by atoms with van der Waals surface area (Å²) in [6.45, 7) is 9.89. The highest BCUT2D eigenvalue weighted by Crippen LogP contribution is 2.42. The van der Waals surface area contributed by atoms with E-state index in [0.29, 0.717) is 5.41 Å².